The van der Waals surface area contributed by atoms with Crippen LogP contribution in [-0.4, -0.2) is 35.7 Å². The molecule has 0 fully saturated rings. The summed E-state index contributed by atoms with van der Waals surface area (Å²) in [6.45, 7) is 0.613. The van der Waals surface area contributed by atoms with Crippen LogP contribution in [-0.2, 0) is 29.0 Å². The summed E-state index contributed by atoms with van der Waals surface area (Å²) in [5.74, 6) is 0.272. The number of hydrazine groups is 1. The molecule has 4 aromatic carbocycles. The van der Waals surface area contributed by atoms with Crippen molar-refractivity contribution in [2.75, 3.05) is 13.2 Å². The largest absolute Gasteiger partial charge is 0.494 e. The Morgan fingerprint density at radius 2 is 1.67 bits per heavy atom. The van der Waals surface area contributed by atoms with Gasteiger partial charge in [-0.3, -0.25) is 10.2 Å². The van der Waals surface area contributed by atoms with Crippen LogP contribution in [0.2, 0.25) is 5.02 Å². The number of aliphatic hydroxyl groups excluding tert-OH is 1. The quantitative estimate of drug-likeness (QED) is 0.0398. The molecule has 0 saturated carbocycles. The molecule has 1 heterocycles. The minimum atomic E-state index is -1.65. The van der Waals surface area contributed by atoms with E-state index in [1.54, 1.807) is 66.7 Å². The summed E-state index contributed by atoms with van der Waals surface area (Å²) in [4.78, 5) is 25.5. The number of hydrogen-bond acceptors (Lipinski definition) is 8. The lowest BCUT2D eigenvalue weighted by atomic mass is 9.80. The van der Waals surface area contributed by atoms with Crippen molar-refractivity contribution in [3.05, 3.63) is 151 Å². The molecule has 0 spiro atoms. The first-order valence-corrected chi connectivity index (χ1v) is 15.5. The SMILES string of the molecule is [N-]=[N+]=NCc1ccccc1[C@@H]1OC(c2ccc(OCCCO)cc2)=N[C@]1(Cc1ccccc1N=[N+]=[N-])C(=O)NNCc1ccccc1Cl. The van der Waals surface area contributed by atoms with Gasteiger partial charge < -0.3 is 14.6 Å². The second kappa shape index (κ2) is 16.3. The first-order chi connectivity index (χ1) is 23.5. The van der Waals surface area contributed by atoms with Crippen molar-refractivity contribution < 1.29 is 19.4 Å². The number of nitrogens with one attached hydrogen (secondary N) is 2. The van der Waals surface area contributed by atoms with E-state index in [-0.39, 0.29) is 32.0 Å². The molecule has 13 nitrogen and oxygen atoms in total. The van der Waals surface area contributed by atoms with Crippen molar-refractivity contribution in [2.45, 2.75) is 37.6 Å². The summed E-state index contributed by atoms with van der Waals surface area (Å²) < 4.78 is 12.3. The number of benzene rings is 4. The Morgan fingerprint density at radius 1 is 0.958 bits per heavy atom. The Hall–Kier alpha value is -5.55. The summed E-state index contributed by atoms with van der Waals surface area (Å²) in [7, 11) is 0. The topological polar surface area (TPSA) is 190 Å². The van der Waals surface area contributed by atoms with Gasteiger partial charge in [0, 0.05) is 52.1 Å². The van der Waals surface area contributed by atoms with E-state index in [4.69, 9.17) is 36.7 Å². The highest BCUT2D eigenvalue weighted by atomic mass is 35.5. The van der Waals surface area contributed by atoms with Crippen LogP contribution in [0.5, 0.6) is 5.75 Å². The third kappa shape index (κ3) is 7.87. The zero-order valence-corrected chi connectivity index (χ0v) is 26.5. The van der Waals surface area contributed by atoms with Gasteiger partial charge in [0.1, 0.15) is 5.75 Å². The predicted octanol–water partition coefficient (Wildman–Crippen LogP) is 7.17. The average Bonchev–Trinajstić information content (AvgIpc) is 3.50. The summed E-state index contributed by atoms with van der Waals surface area (Å²) in [6, 6.07) is 28.5. The van der Waals surface area contributed by atoms with Crippen LogP contribution in [0.4, 0.5) is 5.69 Å². The number of amides is 1. The molecule has 244 valence electrons. The smallest absolute Gasteiger partial charge is 0.266 e. The Balaban J connectivity index is 1.61. The number of carbonyl (C=O) groups is 1. The number of azide groups is 2. The third-order valence-electron chi connectivity index (χ3n) is 7.71. The molecule has 5 rings (SSSR count). The van der Waals surface area contributed by atoms with Gasteiger partial charge >= 0.3 is 0 Å². The molecule has 0 aliphatic carbocycles. The lowest BCUT2D eigenvalue weighted by molar-refractivity contribution is -0.130. The maximum absolute atomic E-state index is 14.6. The number of hydrogen-bond donors (Lipinski definition) is 3. The molecule has 0 unspecified atom stereocenters. The predicted molar refractivity (Wildman–Crippen MR) is 181 cm³/mol. The van der Waals surface area contributed by atoms with Gasteiger partial charge in [-0.1, -0.05) is 88.6 Å². The highest BCUT2D eigenvalue weighted by Gasteiger charge is 2.54. The van der Waals surface area contributed by atoms with Crippen molar-refractivity contribution in [1.82, 2.24) is 10.9 Å². The van der Waals surface area contributed by atoms with Gasteiger partial charge in [0.2, 0.25) is 5.90 Å². The molecule has 1 aliphatic rings. The molecule has 0 bridgehead atoms. The number of rotatable bonds is 15. The number of aliphatic hydroxyl groups is 1. The van der Waals surface area contributed by atoms with Crippen molar-refractivity contribution in [1.29, 1.82) is 0 Å². The van der Waals surface area contributed by atoms with Gasteiger partial charge in [-0.05, 0) is 63.6 Å². The minimum Gasteiger partial charge on any atom is -0.494 e. The molecule has 14 heteroatoms. The van der Waals surface area contributed by atoms with Crippen molar-refractivity contribution in [3.63, 3.8) is 0 Å². The fourth-order valence-corrected chi connectivity index (χ4v) is 5.57. The normalized spacial score (nSPS) is 16.5. The van der Waals surface area contributed by atoms with Gasteiger partial charge in [0.25, 0.3) is 5.91 Å². The fourth-order valence-electron chi connectivity index (χ4n) is 5.37. The second-order valence-corrected chi connectivity index (χ2v) is 11.2. The van der Waals surface area contributed by atoms with Crippen LogP contribution in [0, 0.1) is 0 Å². The highest BCUT2D eigenvalue weighted by molar-refractivity contribution is 6.31. The van der Waals surface area contributed by atoms with Crippen LogP contribution in [0.1, 0.15) is 40.3 Å². The summed E-state index contributed by atoms with van der Waals surface area (Å²) in [5.41, 5.74) is 26.1. The molecule has 1 amide bonds. The number of nitrogens with zero attached hydrogens (tertiary/aromatic N) is 7. The molecular formula is C34H32ClN9O4. The molecular weight excluding hydrogens is 634 g/mol. The molecule has 0 aromatic heterocycles. The number of aliphatic imine (C=N–C) groups is 1. The van der Waals surface area contributed by atoms with Crippen molar-refractivity contribution in [2.24, 2.45) is 15.2 Å². The van der Waals surface area contributed by atoms with Crippen molar-refractivity contribution >= 4 is 29.1 Å². The third-order valence-corrected chi connectivity index (χ3v) is 8.08. The van der Waals surface area contributed by atoms with Crippen LogP contribution in [0.25, 0.3) is 20.9 Å². The monoisotopic (exact) mass is 665 g/mol. The first kappa shape index (κ1) is 33.8. The van der Waals surface area contributed by atoms with Gasteiger partial charge in [0.15, 0.2) is 11.6 Å². The molecule has 0 radical (unpaired) electrons. The maximum atomic E-state index is 14.6. The van der Waals surface area contributed by atoms with Crippen LogP contribution < -0.4 is 15.6 Å². The zero-order valence-electron chi connectivity index (χ0n) is 25.7. The second-order valence-electron chi connectivity index (χ2n) is 10.8. The Kier molecular flexibility index (Phi) is 11.5. The van der Waals surface area contributed by atoms with Gasteiger partial charge in [0.05, 0.1) is 13.2 Å². The molecule has 2 atom stereocenters. The Bertz CT molecular complexity index is 1870. The number of carbonyl (C=O) groups excluding carboxylic acids is 1. The van der Waals surface area contributed by atoms with Gasteiger partial charge in [-0.15, -0.1) is 0 Å². The molecule has 3 N–H and O–H groups in total. The molecule has 48 heavy (non-hydrogen) atoms. The standard InChI is InChI=1S/C34H32ClN9O4/c35-29-12-5-2-10-26(29)22-38-42-33(46)34(20-24-8-3-6-13-30(24)41-44-37)31(28-11-4-1-9-25(28)21-39-43-36)48-32(40-34)23-14-16-27(17-15-23)47-19-7-18-45/h1-6,8-17,31,38,45H,7,18-22H2,(H,42,46)/t31-,34-/m0/s1. The first-order valence-electron chi connectivity index (χ1n) is 15.1. The van der Waals surface area contributed by atoms with E-state index in [0.29, 0.717) is 51.7 Å². The van der Waals surface area contributed by atoms with E-state index in [9.17, 15) is 10.3 Å². The van der Waals surface area contributed by atoms with Gasteiger partial charge in [-0.25, -0.2) is 10.4 Å². The van der Waals surface area contributed by atoms with E-state index in [1.165, 1.54) is 0 Å². The van der Waals surface area contributed by atoms with E-state index in [1.807, 2.05) is 30.3 Å². The summed E-state index contributed by atoms with van der Waals surface area (Å²) in [5, 5.41) is 17.3. The Morgan fingerprint density at radius 3 is 2.40 bits per heavy atom. The molecule has 0 saturated heterocycles. The van der Waals surface area contributed by atoms with Crippen LogP contribution >= 0.6 is 11.6 Å². The minimum absolute atomic E-state index is 0.0134. The van der Waals surface area contributed by atoms with E-state index in [2.05, 4.69) is 30.9 Å². The zero-order chi connectivity index (χ0) is 33.8. The molecule has 4 aromatic rings. The summed E-state index contributed by atoms with van der Waals surface area (Å²) in [6.07, 6.45) is -0.526. The fraction of sp³-hybridized carbons (Fsp3) is 0.235. The summed E-state index contributed by atoms with van der Waals surface area (Å²) >= 11 is 6.36. The number of ether oxygens (including phenoxy) is 2. The van der Waals surface area contributed by atoms with Crippen LogP contribution in [0.15, 0.2) is 112 Å². The lowest BCUT2D eigenvalue weighted by Crippen LogP contribution is -2.53. The lowest BCUT2D eigenvalue weighted by Gasteiger charge is -2.32. The Labute approximate surface area is 281 Å². The maximum Gasteiger partial charge on any atom is 0.266 e. The highest BCUT2D eigenvalue weighted by Crippen LogP contribution is 2.44. The number of halogens is 1. The average molecular weight is 666 g/mol. The van der Waals surface area contributed by atoms with E-state index < -0.39 is 17.6 Å². The van der Waals surface area contributed by atoms with E-state index >= 15 is 0 Å². The van der Waals surface area contributed by atoms with Crippen LogP contribution in [0.3, 0.4) is 0 Å². The van der Waals surface area contributed by atoms with E-state index in [0.717, 1.165) is 5.56 Å². The van der Waals surface area contributed by atoms with Crippen molar-refractivity contribution in [3.8, 4) is 5.75 Å². The molecule has 1 aliphatic heterocycles. The van der Waals surface area contributed by atoms with Gasteiger partial charge in [-0.2, -0.15) is 0 Å².